The Hall–Kier alpha value is -2.64. The summed E-state index contributed by atoms with van der Waals surface area (Å²) in [4.78, 5) is 15.5. The first-order chi connectivity index (χ1) is 11.1. The second-order valence-electron chi connectivity index (χ2n) is 4.90. The lowest BCUT2D eigenvalue weighted by Crippen LogP contribution is -2.01. The monoisotopic (exact) mass is 365 g/mol. The Bertz CT molecular complexity index is 954. The molecule has 0 fully saturated rings. The number of carbonyl (C=O) groups excluding carboxylic acids is 1. The Labute approximate surface area is 142 Å². The third kappa shape index (κ3) is 3.97. The lowest BCUT2D eigenvalue weighted by Gasteiger charge is -2.00. The molecule has 0 saturated heterocycles. The minimum atomic E-state index is -0.350. The van der Waals surface area contributed by atoms with Gasteiger partial charge in [0.1, 0.15) is 11.4 Å². The van der Waals surface area contributed by atoms with E-state index in [1.807, 2.05) is 36.4 Å². The number of pyridine rings is 1. The second kappa shape index (κ2) is 6.64. The van der Waals surface area contributed by atoms with Gasteiger partial charge in [-0.05, 0) is 42.3 Å². The first-order valence-corrected chi connectivity index (χ1v) is 7.76. The van der Waals surface area contributed by atoms with Crippen LogP contribution in [-0.4, -0.2) is 11.0 Å². The third-order valence-corrected chi connectivity index (χ3v) is 3.58. The Kier molecular flexibility index (Phi) is 4.40. The molecular weight excluding hydrogens is 354 g/mol. The summed E-state index contributed by atoms with van der Waals surface area (Å²) >= 11 is 3.44. The van der Waals surface area contributed by atoms with Crippen LogP contribution in [0.15, 0.2) is 59.1 Å². The topological polar surface area (TPSA) is 39.2 Å². The van der Waals surface area contributed by atoms with Crippen molar-refractivity contribution < 1.29 is 9.53 Å². The van der Waals surface area contributed by atoms with Crippen LogP contribution < -0.4 is 4.74 Å². The molecule has 0 bridgehead atoms. The van der Waals surface area contributed by atoms with Gasteiger partial charge in [0.05, 0.1) is 5.52 Å². The molecule has 0 aliphatic carbocycles. The smallest absolute Gasteiger partial charge is 0.308 e. The van der Waals surface area contributed by atoms with Crippen molar-refractivity contribution in [1.82, 2.24) is 4.98 Å². The summed E-state index contributed by atoms with van der Waals surface area (Å²) in [5.74, 6) is 6.21. The minimum Gasteiger partial charge on any atom is -0.427 e. The molecule has 0 spiro atoms. The summed E-state index contributed by atoms with van der Waals surface area (Å²) in [6.45, 7) is 1.37. The average Bonchev–Trinajstić information content (AvgIpc) is 2.52. The molecule has 0 aliphatic heterocycles. The molecule has 0 unspecified atom stereocenters. The van der Waals surface area contributed by atoms with Crippen molar-refractivity contribution in [3.63, 3.8) is 0 Å². The maximum atomic E-state index is 11.0. The van der Waals surface area contributed by atoms with E-state index in [9.17, 15) is 4.79 Å². The van der Waals surface area contributed by atoms with Gasteiger partial charge in [-0.25, -0.2) is 4.98 Å². The van der Waals surface area contributed by atoms with Crippen LogP contribution >= 0.6 is 15.9 Å². The first-order valence-electron chi connectivity index (χ1n) is 6.97. The number of esters is 1. The lowest BCUT2D eigenvalue weighted by molar-refractivity contribution is -0.131. The summed E-state index contributed by atoms with van der Waals surface area (Å²) < 4.78 is 6.03. The van der Waals surface area contributed by atoms with Gasteiger partial charge in [0.25, 0.3) is 0 Å². The first kappa shape index (κ1) is 15.3. The van der Waals surface area contributed by atoms with Gasteiger partial charge in [0.15, 0.2) is 0 Å². The molecule has 3 rings (SSSR count). The number of aromatic nitrogens is 1. The van der Waals surface area contributed by atoms with Crippen molar-refractivity contribution in [2.45, 2.75) is 6.92 Å². The van der Waals surface area contributed by atoms with Crippen molar-refractivity contribution in [2.24, 2.45) is 0 Å². The molecule has 0 saturated carbocycles. The van der Waals surface area contributed by atoms with Gasteiger partial charge in [0.2, 0.25) is 0 Å². The quantitative estimate of drug-likeness (QED) is 0.366. The fraction of sp³-hybridized carbons (Fsp3) is 0.0526. The van der Waals surface area contributed by atoms with Crippen LogP contribution in [0.1, 0.15) is 18.2 Å². The van der Waals surface area contributed by atoms with E-state index in [-0.39, 0.29) is 5.97 Å². The van der Waals surface area contributed by atoms with Gasteiger partial charge in [-0.3, -0.25) is 4.79 Å². The number of nitrogens with zero attached hydrogens (tertiary/aromatic N) is 1. The number of benzene rings is 2. The molecule has 3 nitrogen and oxygen atoms in total. The molecule has 0 amide bonds. The molecule has 112 valence electrons. The van der Waals surface area contributed by atoms with Crippen LogP contribution in [0, 0.1) is 11.8 Å². The highest BCUT2D eigenvalue weighted by Gasteiger charge is 1.99. The summed E-state index contributed by atoms with van der Waals surface area (Å²) in [6, 6.07) is 16.9. The van der Waals surface area contributed by atoms with Crippen LogP contribution in [-0.2, 0) is 4.79 Å². The molecule has 0 atom stereocenters. The normalized spacial score (nSPS) is 10.0. The molecule has 0 radical (unpaired) electrons. The standard InChI is InChI=1S/C19H12BrNO2/c1-13(22)23-18-4-2-3-14(11-18)5-9-17-10-7-15-6-8-16(20)12-19(15)21-17/h2-4,6-8,10-12H,1H3. The number of carbonyl (C=O) groups is 1. The summed E-state index contributed by atoms with van der Waals surface area (Å²) in [5, 5.41) is 1.07. The van der Waals surface area contributed by atoms with Crippen molar-refractivity contribution >= 4 is 32.8 Å². The Morgan fingerprint density at radius 3 is 2.74 bits per heavy atom. The van der Waals surface area contributed by atoms with Gasteiger partial charge in [-0.2, -0.15) is 0 Å². The fourth-order valence-corrected chi connectivity index (χ4v) is 2.45. The predicted molar refractivity (Wildman–Crippen MR) is 93.2 cm³/mol. The van der Waals surface area contributed by atoms with Crippen LogP contribution in [0.5, 0.6) is 5.75 Å². The lowest BCUT2D eigenvalue weighted by atomic mass is 10.2. The maximum absolute atomic E-state index is 11.0. The molecule has 1 heterocycles. The Balaban J connectivity index is 1.90. The van der Waals surface area contributed by atoms with Gasteiger partial charge in [-0.15, -0.1) is 0 Å². The maximum Gasteiger partial charge on any atom is 0.308 e. The van der Waals surface area contributed by atoms with Crippen LogP contribution in [0.25, 0.3) is 10.9 Å². The highest BCUT2D eigenvalue weighted by atomic mass is 79.9. The van der Waals surface area contributed by atoms with Crippen molar-refractivity contribution in [3.05, 3.63) is 70.3 Å². The zero-order valence-corrected chi connectivity index (χ0v) is 13.9. The van der Waals surface area contributed by atoms with Gasteiger partial charge in [0, 0.05) is 22.3 Å². The van der Waals surface area contributed by atoms with Gasteiger partial charge < -0.3 is 4.74 Å². The zero-order valence-electron chi connectivity index (χ0n) is 12.3. The van der Waals surface area contributed by atoms with Crippen molar-refractivity contribution in [1.29, 1.82) is 0 Å². The molecule has 0 aliphatic rings. The third-order valence-electron chi connectivity index (χ3n) is 3.08. The predicted octanol–water partition coefficient (Wildman–Crippen LogP) is 4.32. The van der Waals surface area contributed by atoms with E-state index in [0.29, 0.717) is 11.4 Å². The molecule has 23 heavy (non-hydrogen) atoms. The number of fused-ring (bicyclic) bond motifs is 1. The molecule has 4 heteroatoms. The number of halogens is 1. The Morgan fingerprint density at radius 2 is 1.91 bits per heavy atom. The number of rotatable bonds is 1. The van der Waals surface area contributed by atoms with E-state index < -0.39 is 0 Å². The largest absolute Gasteiger partial charge is 0.427 e. The molecule has 2 aromatic carbocycles. The second-order valence-corrected chi connectivity index (χ2v) is 5.82. The van der Waals surface area contributed by atoms with Crippen LogP contribution in [0.2, 0.25) is 0 Å². The number of ether oxygens (including phenoxy) is 1. The summed E-state index contributed by atoms with van der Waals surface area (Å²) in [7, 11) is 0. The average molecular weight is 366 g/mol. The number of hydrogen-bond acceptors (Lipinski definition) is 3. The number of hydrogen-bond donors (Lipinski definition) is 0. The van der Waals surface area contributed by atoms with Gasteiger partial charge in [-0.1, -0.05) is 40.0 Å². The summed E-state index contributed by atoms with van der Waals surface area (Å²) in [6.07, 6.45) is 0. The van der Waals surface area contributed by atoms with E-state index in [0.717, 1.165) is 20.9 Å². The Morgan fingerprint density at radius 1 is 1.09 bits per heavy atom. The summed E-state index contributed by atoms with van der Waals surface area (Å²) in [5.41, 5.74) is 2.34. The molecule has 0 N–H and O–H groups in total. The van der Waals surface area contributed by atoms with E-state index in [1.165, 1.54) is 6.92 Å². The van der Waals surface area contributed by atoms with Crippen molar-refractivity contribution in [2.75, 3.05) is 0 Å². The highest BCUT2D eigenvalue weighted by Crippen LogP contribution is 2.18. The molecular formula is C19H12BrNO2. The van der Waals surface area contributed by atoms with Crippen LogP contribution in [0.3, 0.4) is 0 Å². The molecule has 3 aromatic rings. The van der Waals surface area contributed by atoms with Crippen molar-refractivity contribution in [3.8, 4) is 17.6 Å². The van der Waals surface area contributed by atoms with E-state index in [1.54, 1.807) is 18.2 Å². The van der Waals surface area contributed by atoms with Crippen LogP contribution in [0.4, 0.5) is 0 Å². The minimum absolute atomic E-state index is 0.350. The van der Waals surface area contributed by atoms with Gasteiger partial charge >= 0.3 is 5.97 Å². The molecule has 1 aromatic heterocycles. The fourth-order valence-electron chi connectivity index (χ4n) is 2.10. The van der Waals surface area contributed by atoms with E-state index in [4.69, 9.17) is 4.74 Å². The highest BCUT2D eigenvalue weighted by molar-refractivity contribution is 9.10. The zero-order chi connectivity index (χ0) is 16.2. The van der Waals surface area contributed by atoms with E-state index in [2.05, 4.69) is 32.8 Å². The van der Waals surface area contributed by atoms with E-state index >= 15 is 0 Å². The SMILES string of the molecule is CC(=O)Oc1cccc(C#Cc2ccc3ccc(Br)cc3n2)c1.